The Morgan fingerprint density at radius 3 is 2.30 bits per heavy atom. The van der Waals surface area contributed by atoms with E-state index in [1.807, 2.05) is 49.4 Å². The SMILES string of the molecule is Cc1ccc(N2C(=O)C(=Cc3ccc(N4CCOCC4)cc3)SC2=S)cc1. The molecule has 138 valence electrons. The van der Waals surface area contributed by atoms with Crippen molar-refractivity contribution in [3.8, 4) is 0 Å². The molecule has 4 rings (SSSR count). The minimum absolute atomic E-state index is 0.0638. The molecule has 0 saturated carbocycles. The Hall–Kier alpha value is -2.15. The molecule has 0 N–H and O–H groups in total. The monoisotopic (exact) mass is 396 g/mol. The first kappa shape index (κ1) is 18.2. The van der Waals surface area contributed by atoms with Crippen molar-refractivity contribution in [3.05, 3.63) is 64.6 Å². The molecule has 0 spiro atoms. The van der Waals surface area contributed by atoms with Gasteiger partial charge in [-0.25, -0.2) is 0 Å². The summed E-state index contributed by atoms with van der Waals surface area (Å²) < 4.78 is 5.97. The van der Waals surface area contributed by atoms with Gasteiger partial charge < -0.3 is 9.64 Å². The van der Waals surface area contributed by atoms with Crippen LogP contribution in [0.4, 0.5) is 11.4 Å². The van der Waals surface area contributed by atoms with E-state index in [1.165, 1.54) is 17.4 Å². The number of morpholine rings is 1. The van der Waals surface area contributed by atoms with Crippen LogP contribution in [0.5, 0.6) is 0 Å². The number of rotatable bonds is 3. The maximum Gasteiger partial charge on any atom is 0.270 e. The van der Waals surface area contributed by atoms with E-state index in [9.17, 15) is 4.79 Å². The molecule has 2 fully saturated rings. The molecular formula is C21H20N2O2S2. The molecule has 6 heteroatoms. The van der Waals surface area contributed by atoms with Crippen LogP contribution in [0, 0.1) is 6.92 Å². The van der Waals surface area contributed by atoms with E-state index < -0.39 is 0 Å². The molecule has 2 aromatic carbocycles. The highest BCUT2D eigenvalue weighted by Crippen LogP contribution is 2.36. The van der Waals surface area contributed by atoms with E-state index in [0.29, 0.717) is 9.23 Å². The summed E-state index contributed by atoms with van der Waals surface area (Å²) in [7, 11) is 0. The lowest BCUT2D eigenvalue weighted by Crippen LogP contribution is -2.36. The fraction of sp³-hybridized carbons (Fsp3) is 0.238. The molecule has 1 amide bonds. The molecule has 0 unspecified atom stereocenters. The van der Waals surface area contributed by atoms with Crippen LogP contribution >= 0.6 is 24.0 Å². The third-order valence-electron chi connectivity index (χ3n) is 4.65. The average molecular weight is 397 g/mol. The highest BCUT2D eigenvalue weighted by molar-refractivity contribution is 8.27. The summed E-state index contributed by atoms with van der Waals surface area (Å²) in [6, 6.07) is 16.1. The summed E-state index contributed by atoms with van der Waals surface area (Å²) in [6.07, 6.45) is 1.91. The van der Waals surface area contributed by atoms with Gasteiger partial charge in [-0.05, 0) is 42.8 Å². The predicted molar refractivity (Wildman–Crippen MR) is 116 cm³/mol. The number of amides is 1. The number of carbonyl (C=O) groups is 1. The third-order valence-corrected chi connectivity index (χ3v) is 5.96. The van der Waals surface area contributed by atoms with Crippen molar-refractivity contribution in [3.63, 3.8) is 0 Å². The number of benzene rings is 2. The van der Waals surface area contributed by atoms with Crippen LogP contribution in [0.1, 0.15) is 11.1 Å². The molecule has 2 saturated heterocycles. The van der Waals surface area contributed by atoms with E-state index >= 15 is 0 Å². The lowest BCUT2D eigenvalue weighted by molar-refractivity contribution is -0.113. The molecule has 0 aliphatic carbocycles. The molecule has 2 aliphatic heterocycles. The number of nitrogens with zero attached hydrogens (tertiary/aromatic N) is 2. The van der Waals surface area contributed by atoms with Gasteiger partial charge in [0.2, 0.25) is 0 Å². The minimum atomic E-state index is -0.0638. The van der Waals surface area contributed by atoms with Gasteiger partial charge in [0, 0.05) is 18.8 Å². The fourth-order valence-electron chi connectivity index (χ4n) is 3.14. The van der Waals surface area contributed by atoms with E-state index in [2.05, 4.69) is 17.0 Å². The highest BCUT2D eigenvalue weighted by Gasteiger charge is 2.33. The van der Waals surface area contributed by atoms with Gasteiger partial charge in [0.05, 0.1) is 23.8 Å². The number of hydrogen-bond acceptors (Lipinski definition) is 5. The van der Waals surface area contributed by atoms with Crippen LogP contribution in [0.2, 0.25) is 0 Å². The summed E-state index contributed by atoms with van der Waals surface area (Å²) in [6.45, 7) is 5.38. The quantitative estimate of drug-likeness (QED) is 0.573. The molecule has 0 aromatic heterocycles. The second kappa shape index (κ2) is 7.84. The number of hydrogen-bond donors (Lipinski definition) is 0. The molecule has 27 heavy (non-hydrogen) atoms. The Morgan fingerprint density at radius 1 is 1.00 bits per heavy atom. The van der Waals surface area contributed by atoms with E-state index in [1.54, 1.807) is 4.90 Å². The smallest absolute Gasteiger partial charge is 0.270 e. The van der Waals surface area contributed by atoms with E-state index in [-0.39, 0.29) is 5.91 Å². The molecule has 0 atom stereocenters. The van der Waals surface area contributed by atoms with Crippen LogP contribution in [0.25, 0.3) is 6.08 Å². The van der Waals surface area contributed by atoms with Gasteiger partial charge in [0.15, 0.2) is 4.32 Å². The first-order valence-corrected chi connectivity index (χ1v) is 10.1. The zero-order valence-corrected chi connectivity index (χ0v) is 16.7. The van der Waals surface area contributed by atoms with Crippen LogP contribution in [0.3, 0.4) is 0 Å². The third kappa shape index (κ3) is 3.93. The largest absolute Gasteiger partial charge is 0.378 e. The minimum Gasteiger partial charge on any atom is -0.378 e. The average Bonchev–Trinajstić information content (AvgIpc) is 2.97. The molecule has 4 nitrogen and oxygen atoms in total. The topological polar surface area (TPSA) is 32.8 Å². The number of aryl methyl sites for hydroxylation is 1. The van der Waals surface area contributed by atoms with Gasteiger partial charge in [-0.2, -0.15) is 0 Å². The summed E-state index contributed by atoms with van der Waals surface area (Å²) in [5, 5.41) is 0. The number of ether oxygens (including phenoxy) is 1. The van der Waals surface area contributed by atoms with Crippen molar-refractivity contribution < 1.29 is 9.53 Å². The van der Waals surface area contributed by atoms with Gasteiger partial charge >= 0.3 is 0 Å². The Balaban J connectivity index is 1.53. The number of carbonyl (C=O) groups excluding carboxylic acids is 1. The molecule has 2 aliphatic rings. The number of thiocarbonyl (C=S) groups is 1. The zero-order chi connectivity index (χ0) is 18.8. The lowest BCUT2D eigenvalue weighted by atomic mass is 10.1. The van der Waals surface area contributed by atoms with Crippen molar-refractivity contribution >= 4 is 51.7 Å². The van der Waals surface area contributed by atoms with Gasteiger partial charge in [-0.15, -0.1) is 0 Å². The maximum absolute atomic E-state index is 12.8. The van der Waals surface area contributed by atoms with Crippen molar-refractivity contribution in [2.75, 3.05) is 36.1 Å². The molecule has 0 radical (unpaired) electrons. The fourth-order valence-corrected chi connectivity index (χ4v) is 4.44. The van der Waals surface area contributed by atoms with Gasteiger partial charge in [0.25, 0.3) is 5.91 Å². The standard InChI is InChI=1S/C21H20N2O2S2/c1-15-2-6-18(7-3-15)23-20(24)19(27-21(23)26)14-16-4-8-17(9-5-16)22-10-12-25-13-11-22/h2-9,14H,10-13H2,1H3. The molecule has 2 aromatic rings. The van der Waals surface area contributed by atoms with Crippen LogP contribution in [-0.4, -0.2) is 36.5 Å². The number of thioether (sulfide) groups is 1. The van der Waals surface area contributed by atoms with Crippen LogP contribution in [0.15, 0.2) is 53.4 Å². The van der Waals surface area contributed by atoms with E-state index in [0.717, 1.165) is 43.1 Å². The van der Waals surface area contributed by atoms with Crippen molar-refractivity contribution in [1.82, 2.24) is 0 Å². The summed E-state index contributed by atoms with van der Waals surface area (Å²) in [4.78, 5) is 17.4. The maximum atomic E-state index is 12.8. The Bertz CT molecular complexity index is 885. The molecule has 2 heterocycles. The summed E-state index contributed by atoms with van der Waals surface area (Å²) in [5.74, 6) is -0.0638. The zero-order valence-electron chi connectivity index (χ0n) is 15.1. The first-order chi connectivity index (χ1) is 13.1. The van der Waals surface area contributed by atoms with Crippen LogP contribution in [-0.2, 0) is 9.53 Å². The van der Waals surface area contributed by atoms with Gasteiger partial charge in [0.1, 0.15) is 0 Å². The van der Waals surface area contributed by atoms with Gasteiger partial charge in [-0.3, -0.25) is 9.69 Å². The van der Waals surface area contributed by atoms with Gasteiger partial charge in [-0.1, -0.05) is 53.8 Å². The molecular weight excluding hydrogens is 376 g/mol. The van der Waals surface area contributed by atoms with Crippen LogP contribution < -0.4 is 9.80 Å². The van der Waals surface area contributed by atoms with Crippen molar-refractivity contribution in [2.24, 2.45) is 0 Å². The Labute approximate surface area is 168 Å². The second-order valence-electron chi connectivity index (χ2n) is 6.54. The second-order valence-corrected chi connectivity index (χ2v) is 8.22. The Morgan fingerprint density at radius 2 is 1.63 bits per heavy atom. The molecule has 0 bridgehead atoms. The summed E-state index contributed by atoms with van der Waals surface area (Å²) >= 11 is 6.79. The van der Waals surface area contributed by atoms with Crippen molar-refractivity contribution in [1.29, 1.82) is 0 Å². The van der Waals surface area contributed by atoms with E-state index in [4.69, 9.17) is 17.0 Å². The number of anilines is 2. The first-order valence-electron chi connectivity index (χ1n) is 8.89. The van der Waals surface area contributed by atoms with Crippen molar-refractivity contribution in [2.45, 2.75) is 6.92 Å². The Kier molecular flexibility index (Phi) is 5.29. The highest BCUT2D eigenvalue weighted by atomic mass is 32.2. The summed E-state index contributed by atoms with van der Waals surface area (Å²) in [5.41, 5.74) is 4.15. The lowest BCUT2D eigenvalue weighted by Gasteiger charge is -2.28. The predicted octanol–water partition coefficient (Wildman–Crippen LogP) is 4.24. The normalized spacial score (nSPS) is 19.2.